The van der Waals surface area contributed by atoms with E-state index in [1.807, 2.05) is 18.2 Å². The van der Waals surface area contributed by atoms with Gasteiger partial charge in [-0.2, -0.15) is 0 Å². The van der Waals surface area contributed by atoms with Crippen LogP contribution < -0.4 is 25.4 Å². The van der Waals surface area contributed by atoms with Gasteiger partial charge in [-0.05, 0) is 63.6 Å². The number of ether oxygens (including phenoxy) is 3. The molecule has 0 radical (unpaired) electrons. The van der Waals surface area contributed by atoms with Crippen LogP contribution in [0.15, 0.2) is 47.3 Å². The van der Waals surface area contributed by atoms with Crippen LogP contribution in [0.1, 0.15) is 42.4 Å². The van der Waals surface area contributed by atoms with Crippen molar-refractivity contribution in [2.75, 3.05) is 70.3 Å². The molecule has 2 aliphatic rings. The molecule has 0 atom stereocenters. The fourth-order valence-electron chi connectivity index (χ4n) is 5.07. The molecule has 14 heteroatoms. The maximum atomic E-state index is 13.4. The van der Waals surface area contributed by atoms with E-state index in [4.69, 9.17) is 14.2 Å². The lowest BCUT2D eigenvalue weighted by Gasteiger charge is -2.34. The normalized spacial score (nSPS) is 14.8. The Balaban J connectivity index is 1.17. The van der Waals surface area contributed by atoms with Crippen molar-refractivity contribution in [3.63, 3.8) is 0 Å². The number of likely N-dealkylation sites (N-methyl/N-ethyl adjacent to an activating group) is 1. The van der Waals surface area contributed by atoms with Crippen molar-refractivity contribution in [1.29, 1.82) is 0 Å². The van der Waals surface area contributed by atoms with Gasteiger partial charge in [-0.1, -0.05) is 12.1 Å². The maximum Gasteiger partial charge on any atom is 0.412 e. The second kappa shape index (κ2) is 15.5. The number of aromatic nitrogens is 1. The first kappa shape index (κ1) is 33.9. The molecular formula is C33H43N7O6S. The quantitative estimate of drug-likeness (QED) is 0.271. The van der Waals surface area contributed by atoms with Crippen LogP contribution in [0.2, 0.25) is 0 Å². The number of carbonyl (C=O) groups is 3. The number of hydrogen-bond acceptors (Lipinski definition) is 10. The van der Waals surface area contributed by atoms with Gasteiger partial charge in [-0.3, -0.25) is 20.0 Å². The summed E-state index contributed by atoms with van der Waals surface area (Å²) in [6.07, 6.45) is 1.66. The first-order valence-corrected chi connectivity index (χ1v) is 16.6. The van der Waals surface area contributed by atoms with Gasteiger partial charge in [0.25, 0.3) is 5.91 Å². The number of rotatable bonds is 11. The summed E-state index contributed by atoms with van der Waals surface area (Å²) in [5.74, 6) is 1.03. The molecule has 2 aromatic heterocycles. The van der Waals surface area contributed by atoms with Gasteiger partial charge in [0.15, 0.2) is 11.5 Å². The van der Waals surface area contributed by atoms with Crippen molar-refractivity contribution in [2.45, 2.75) is 39.3 Å². The Morgan fingerprint density at radius 2 is 1.70 bits per heavy atom. The number of urea groups is 1. The third-order valence-corrected chi connectivity index (χ3v) is 8.42. The van der Waals surface area contributed by atoms with Crippen LogP contribution in [0.4, 0.5) is 21.0 Å². The van der Waals surface area contributed by atoms with Gasteiger partial charge in [0.1, 0.15) is 11.3 Å². The van der Waals surface area contributed by atoms with Crippen molar-refractivity contribution in [3.8, 4) is 11.5 Å². The molecular weight excluding hydrogens is 622 g/mol. The fraction of sp³-hybridized carbons (Fsp3) is 0.455. The second-order valence-electron chi connectivity index (χ2n) is 12.6. The monoisotopic (exact) mass is 665 g/mol. The highest BCUT2D eigenvalue weighted by Crippen LogP contribution is 2.32. The molecule has 0 unspecified atom stereocenters. The minimum absolute atomic E-state index is 0.163. The van der Waals surface area contributed by atoms with Crippen molar-refractivity contribution < 1.29 is 28.6 Å². The zero-order chi connectivity index (χ0) is 33.4. The molecule has 0 aliphatic carbocycles. The summed E-state index contributed by atoms with van der Waals surface area (Å²) in [7, 11) is 2.12. The Morgan fingerprint density at radius 1 is 0.979 bits per heavy atom. The van der Waals surface area contributed by atoms with Crippen molar-refractivity contribution in [3.05, 3.63) is 64.1 Å². The topological polar surface area (TPSA) is 138 Å². The van der Waals surface area contributed by atoms with Crippen LogP contribution in [0.3, 0.4) is 0 Å². The van der Waals surface area contributed by atoms with E-state index in [0.29, 0.717) is 37.4 Å². The largest absolute Gasteiger partial charge is 0.454 e. The summed E-state index contributed by atoms with van der Waals surface area (Å²) in [4.78, 5) is 49.5. The summed E-state index contributed by atoms with van der Waals surface area (Å²) in [5.41, 5.74) is 2.30. The smallest absolute Gasteiger partial charge is 0.412 e. The lowest BCUT2D eigenvalue weighted by Crippen LogP contribution is -2.49. The van der Waals surface area contributed by atoms with Gasteiger partial charge in [0, 0.05) is 69.3 Å². The summed E-state index contributed by atoms with van der Waals surface area (Å²) >= 11 is 1.33. The van der Waals surface area contributed by atoms with E-state index in [9.17, 15) is 14.4 Å². The van der Waals surface area contributed by atoms with E-state index in [1.54, 1.807) is 54.8 Å². The molecule has 0 spiro atoms. The zero-order valence-corrected chi connectivity index (χ0v) is 28.2. The highest BCUT2D eigenvalue weighted by atomic mass is 32.1. The Bertz CT molecular complexity index is 1530. The molecule has 252 valence electrons. The van der Waals surface area contributed by atoms with Gasteiger partial charge < -0.3 is 34.6 Å². The molecule has 2 aliphatic heterocycles. The van der Waals surface area contributed by atoms with Crippen molar-refractivity contribution in [2.24, 2.45) is 0 Å². The molecule has 0 saturated carbocycles. The number of hydrogen-bond donors (Lipinski definition) is 3. The van der Waals surface area contributed by atoms with Crippen LogP contribution in [0.5, 0.6) is 11.5 Å². The molecule has 3 N–H and O–H groups in total. The van der Waals surface area contributed by atoms with E-state index >= 15 is 0 Å². The molecule has 47 heavy (non-hydrogen) atoms. The van der Waals surface area contributed by atoms with Gasteiger partial charge in [-0.25, -0.2) is 9.59 Å². The van der Waals surface area contributed by atoms with E-state index in [2.05, 4.69) is 37.8 Å². The first-order valence-electron chi connectivity index (χ1n) is 15.7. The number of thiophene rings is 1. The third-order valence-electron chi connectivity index (χ3n) is 7.67. The molecule has 0 bridgehead atoms. The highest BCUT2D eigenvalue weighted by molar-refractivity contribution is 7.09. The fourth-order valence-corrected chi connectivity index (χ4v) is 5.78. The number of nitrogens with one attached hydrogen (secondary N) is 3. The number of pyridine rings is 1. The highest BCUT2D eigenvalue weighted by Gasteiger charge is 2.21. The van der Waals surface area contributed by atoms with Gasteiger partial charge in [0.05, 0.1) is 11.4 Å². The zero-order valence-electron chi connectivity index (χ0n) is 27.3. The van der Waals surface area contributed by atoms with Gasteiger partial charge in [-0.15, -0.1) is 11.3 Å². The van der Waals surface area contributed by atoms with E-state index in [1.165, 1.54) is 11.3 Å². The minimum atomic E-state index is -0.649. The minimum Gasteiger partial charge on any atom is -0.454 e. The molecule has 4 heterocycles. The standard InChI is InChI=1S/C33H43N7O6S/c1-33(2,3)46-32(43)37-27-21-47-20-26(27)36-30(41)25-7-5-24(18-35-25)19-40(16-15-39-13-11-38(4)12-14-39)31(42)34-10-9-23-6-8-28-29(17-23)45-22-44-28/h5-8,17-18,20-21H,9-16,19,22H2,1-4H3,(H,34,42)(H,36,41)(H,37,43). The maximum absolute atomic E-state index is 13.4. The average molecular weight is 666 g/mol. The summed E-state index contributed by atoms with van der Waals surface area (Å²) in [5, 5.41) is 12.0. The lowest BCUT2D eigenvalue weighted by molar-refractivity contribution is 0.0635. The predicted molar refractivity (Wildman–Crippen MR) is 180 cm³/mol. The molecule has 13 nitrogen and oxygen atoms in total. The molecule has 5 rings (SSSR count). The predicted octanol–water partition coefficient (Wildman–Crippen LogP) is 4.47. The number of fused-ring (bicyclic) bond motifs is 1. The van der Waals surface area contributed by atoms with Crippen LogP contribution in [-0.2, 0) is 17.7 Å². The lowest BCUT2D eigenvalue weighted by atomic mass is 10.1. The number of benzene rings is 1. The van der Waals surface area contributed by atoms with Crippen LogP contribution >= 0.6 is 11.3 Å². The van der Waals surface area contributed by atoms with E-state index in [-0.39, 0.29) is 18.5 Å². The Hall–Kier alpha value is -4.40. The molecule has 1 fully saturated rings. The van der Waals surface area contributed by atoms with Gasteiger partial charge in [0.2, 0.25) is 6.79 Å². The van der Waals surface area contributed by atoms with Crippen LogP contribution in [0.25, 0.3) is 0 Å². The Morgan fingerprint density at radius 3 is 2.43 bits per heavy atom. The van der Waals surface area contributed by atoms with Crippen LogP contribution in [0, 0.1) is 0 Å². The average Bonchev–Trinajstić information content (AvgIpc) is 3.68. The second-order valence-corrected chi connectivity index (χ2v) is 13.3. The first-order chi connectivity index (χ1) is 22.5. The number of amides is 4. The Kier molecular flexibility index (Phi) is 11.2. The Labute approximate surface area is 279 Å². The molecule has 1 aromatic carbocycles. The number of nitrogens with zero attached hydrogens (tertiary/aromatic N) is 4. The van der Waals surface area contributed by atoms with Crippen molar-refractivity contribution in [1.82, 2.24) is 25.0 Å². The summed E-state index contributed by atoms with van der Waals surface area (Å²) in [6.45, 7) is 11.6. The van der Waals surface area contributed by atoms with E-state index in [0.717, 1.165) is 55.3 Å². The molecule has 4 amide bonds. The SMILES string of the molecule is CN1CCN(CCN(Cc2ccc(C(=O)Nc3cscc3NC(=O)OC(C)(C)C)nc2)C(=O)NCCc2ccc3c(c2)OCO3)CC1. The summed E-state index contributed by atoms with van der Waals surface area (Å²) < 4.78 is 16.2. The number of anilines is 2. The number of piperazine rings is 1. The molecule has 3 aromatic rings. The summed E-state index contributed by atoms with van der Waals surface area (Å²) in [6, 6.07) is 9.08. The molecule has 1 saturated heterocycles. The van der Waals surface area contributed by atoms with E-state index < -0.39 is 17.6 Å². The van der Waals surface area contributed by atoms with Gasteiger partial charge >= 0.3 is 12.1 Å². The number of carbonyl (C=O) groups excluding carboxylic acids is 3. The third kappa shape index (κ3) is 10.0. The van der Waals surface area contributed by atoms with Crippen LogP contribution in [-0.4, -0.2) is 103 Å². The van der Waals surface area contributed by atoms with Crippen molar-refractivity contribution >= 4 is 40.7 Å².